The number of aromatic nitrogens is 3. The first-order valence-electron chi connectivity index (χ1n) is 7.58. The normalized spacial score (nSPS) is 19.1. The number of nitrogens with zero attached hydrogens (tertiary/aromatic N) is 3. The highest BCUT2D eigenvalue weighted by Gasteiger charge is 2.24. The van der Waals surface area contributed by atoms with Gasteiger partial charge in [0.1, 0.15) is 5.82 Å². The van der Waals surface area contributed by atoms with Gasteiger partial charge in [0.15, 0.2) is 0 Å². The Labute approximate surface area is 116 Å². The van der Waals surface area contributed by atoms with Gasteiger partial charge < -0.3 is 10.6 Å². The van der Waals surface area contributed by atoms with Crippen LogP contribution < -0.4 is 10.6 Å². The van der Waals surface area contributed by atoms with Crippen molar-refractivity contribution in [3.05, 3.63) is 5.82 Å². The van der Waals surface area contributed by atoms with E-state index in [1.807, 2.05) is 0 Å². The number of hydrogen-bond acceptors (Lipinski definition) is 4. The lowest BCUT2D eigenvalue weighted by Crippen LogP contribution is -2.40. The second kappa shape index (κ2) is 6.37. The Morgan fingerprint density at radius 3 is 2.47 bits per heavy atom. The Kier molecular flexibility index (Phi) is 4.80. The lowest BCUT2D eigenvalue weighted by Gasteiger charge is -2.32. The molecule has 0 aromatic carbocycles. The van der Waals surface area contributed by atoms with Crippen molar-refractivity contribution in [2.24, 2.45) is 11.7 Å². The summed E-state index contributed by atoms with van der Waals surface area (Å²) >= 11 is 0. The van der Waals surface area contributed by atoms with Crippen LogP contribution in [0.2, 0.25) is 0 Å². The summed E-state index contributed by atoms with van der Waals surface area (Å²) in [6.45, 7) is 8.55. The minimum Gasteiger partial charge on any atom is -0.340 e. The fourth-order valence-corrected chi connectivity index (χ4v) is 2.89. The Balaban J connectivity index is 1.96. The highest BCUT2D eigenvalue weighted by atomic mass is 15.4. The molecule has 5 nitrogen and oxygen atoms in total. The van der Waals surface area contributed by atoms with Crippen LogP contribution >= 0.6 is 0 Å². The molecule has 1 atom stereocenters. The van der Waals surface area contributed by atoms with E-state index in [0.717, 1.165) is 50.5 Å². The molecule has 1 unspecified atom stereocenters. The second-order valence-corrected chi connectivity index (χ2v) is 5.72. The van der Waals surface area contributed by atoms with E-state index in [9.17, 15) is 0 Å². The molecule has 108 valence electrons. The van der Waals surface area contributed by atoms with Gasteiger partial charge in [-0.05, 0) is 38.5 Å². The molecule has 0 bridgehead atoms. The van der Waals surface area contributed by atoms with Gasteiger partial charge in [0, 0.05) is 25.0 Å². The quantitative estimate of drug-likeness (QED) is 0.856. The number of aromatic amines is 1. The van der Waals surface area contributed by atoms with Gasteiger partial charge in [-0.25, -0.2) is 0 Å². The molecule has 0 saturated carbocycles. The Hall–Kier alpha value is -1.10. The fraction of sp³-hybridized carbons (Fsp3) is 0.857. The minimum absolute atomic E-state index is 0.300. The van der Waals surface area contributed by atoms with E-state index in [0.29, 0.717) is 17.9 Å². The monoisotopic (exact) mass is 265 g/mol. The van der Waals surface area contributed by atoms with Crippen LogP contribution in [0.4, 0.5) is 5.95 Å². The van der Waals surface area contributed by atoms with E-state index in [4.69, 9.17) is 5.73 Å². The predicted octanol–water partition coefficient (Wildman–Crippen LogP) is 2.27. The molecule has 1 aliphatic heterocycles. The summed E-state index contributed by atoms with van der Waals surface area (Å²) in [5, 5.41) is 7.50. The van der Waals surface area contributed by atoms with E-state index < -0.39 is 0 Å². The van der Waals surface area contributed by atoms with Gasteiger partial charge in [0.05, 0.1) is 0 Å². The first-order valence-corrected chi connectivity index (χ1v) is 7.58. The predicted molar refractivity (Wildman–Crippen MR) is 78.3 cm³/mol. The van der Waals surface area contributed by atoms with E-state index in [1.54, 1.807) is 0 Å². The van der Waals surface area contributed by atoms with Gasteiger partial charge in [-0.1, -0.05) is 13.8 Å². The Morgan fingerprint density at radius 1 is 1.32 bits per heavy atom. The first kappa shape index (κ1) is 14.3. The molecular weight excluding hydrogens is 238 g/mol. The van der Waals surface area contributed by atoms with Gasteiger partial charge in [-0.15, -0.1) is 5.10 Å². The van der Waals surface area contributed by atoms with Gasteiger partial charge in [0.2, 0.25) is 5.95 Å². The number of rotatable bonds is 5. The topological polar surface area (TPSA) is 70.8 Å². The van der Waals surface area contributed by atoms with Crippen LogP contribution in [-0.2, 0) is 0 Å². The zero-order valence-electron chi connectivity index (χ0n) is 12.4. The molecule has 0 amide bonds. The number of piperidine rings is 1. The summed E-state index contributed by atoms with van der Waals surface area (Å²) < 4.78 is 0. The van der Waals surface area contributed by atoms with E-state index in [-0.39, 0.29) is 0 Å². The number of nitrogens with one attached hydrogen (secondary N) is 1. The standard InChI is InChI=1S/C14H27N5/c1-4-11(5-2)13-16-14(18-17-13)19-8-6-12(7-9-19)10(3)15/h10-12H,4-9,15H2,1-3H3,(H,16,17,18). The molecular formula is C14H27N5. The molecule has 1 fully saturated rings. The third-order valence-corrected chi connectivity index (χ3v) is 4.43. The van der Waals surface area contributed by atoms with Gasteiger partial charge in [0.25, 0.3) is 0 Å². The summed E-state index contributed by atoms with van der Waals surface area (Å²) in [6.07, 6.45) is 4.51. The highest BCUT2D eigenvalue weighted by molar-refractivity contribution is 5.29. The Bertz CT molecular complexity index is 375. The average molecular weight is 265 g/mol. The first-order chi connectivity index (χ1) is 9.15. The van der Waals surface area contributed by atoms with Gasteiger partial charge in [-0.2, -0.15) is 4.98 Å². The number of H-pyrrole nitrogens is 1. The molecule has 2 rings (SSSR count). The van der Waals surface area contributed by atoms with Crippen molar-refractivity contribution in [1.82, 2.24) is 15.2 Å². The summed E-state index contributed by atoms with van der Waals surface area (Å²) in [5.41, 5.74) is 5.98. The van der Waals surface area contributed by atoms with Crippen LogP contribution in [0.25, 0.3) is 0 Å². The maximum Gasteiger partial charge on any atom is 0.244 e. The van der Waals surface area contributed by atoms with Crippen molar-refractivity contribution < 1.29 is 0 Å². The number of nitrogens with two attached hydrogens (primary N) is 1. The summed E-state index contributed by atoms with van der Waals surface area (Å²) in [5.74, 6) is 3.05. The zero-order chi connectivity index (χ0) is 13.8. The summed E-state index contributed by atoms with van der Waals surface area (Å²) in [6, 6.07) is 0.300. The second-order valence-electron chi connectivity index (χ2n) is 5.72. The third-order valence-electron chi connectivity index (χ3n) is 4.43. The minimum atomic E-state index is 0.300. The molecule has 0 spiro atoms. The van der Waals surface area contributed by atoms with Crippen LogP contribution in [0.5, 0.6) is 0 Å². The van der Waals surface area contributed by atoms with Crippen molar-refractivity contribution in [3.8, 4) is 0 Å². The van der Waals surface area contributed by atoms with Gasteiger partial charge in [-0.3, -0.25) is 5.10 Å². The lowest BCUT2D eigenvalue weighted by molar-refractivity contribution is 0.352. The third kappa shape index (κ3) is 3.26. The Morgan fingerprint density at radius 2 is 1.95 bits per heavy atom. The number of anilines is 1. The van der Waals surface area contributed by atoms with Crippen molar-refractivity contribution in [2.45, 2.75) is 58.4 Å². The zero-order valence-corrected chi connectivity index (χ0v) is 12.4. The average Bonchev–Trinajstić information content (AvgIpc) is 2.90. The van der Waals surface area contributed by atoms with Crippen molar-refractivity contribution in [1.29, 1.82) is 0 Å². The number of hydrogen-bond donors (Lipinski definition) is 2. The molecule has 3 N–H and O–H groups in total. The van der Waals surface area contributed by atoms with Crippen LogP contribution in [0.1, 0.15) is 58.2 Å². The van der Waals surface area contributed by atoms with E-state index >= 15 is 0 Å². The SMILES string of the molecule is CCC(CC)c1nc(N2CCC(C(C)N)CC2)n[nH]1. The van der Waals surface area contributed by atoms with Crippen LogP contribution in [-0.4, -0.2) is 34.3 Å². The van der Waals surface area contributed by atoms with Crippen LogP contribution in [0, 0.1) is 5.92 Å². The summed E-state index contributed by atoms with van der Waals surface area (Å²) in [7, 11) is 0. The highest BCUT2D eigenvalue weighted by Crippen LogP contribution is 2.25. The van der Waals surface area contributed by atoms with Crippen molar-refractivity contribution in [2.75, 3.05) is 18.0 Å². The molecule has 1 aromatic rings. The largest absolute Gasteiger partial charge is 0.340 e. The lowest BCUT2D eigenvalue weighted by atomic mass is 9.91. The molecule has 1 aliphatic rings. The summed E-state index contributed by atoms with van der Waals surface area (Å²) in [4.78, 5) is 6.95. The van der Waals surface area contributed by atoms with Crippen molar-refractivity contribution in [3.63, 3.8) is 0 Å². The molecule has 0 radical (unpaired) electrons. The van der Waals surface area contributed by atoms with Crippen molar-refractivity contribution >= 4 is 5.95 Å². The molecule has 19 heavy (non-hydrogen) atoms. The molecule has 2 heterocycles. The van der Waals surface area contributed by atoms with E-state index in [2.05, 4.69) is 40.9 Å². The molecule has 5 heteroatoms. The van der Waals surface area contributed by atoms with E-state index in [1.165, 1.54) is 0 Å². The molecule has 1 aromatic heterocycles. The fourth-order valence-electron chi connectivity index (χ4n) is 2.89. The molecule has 1 saturated heterocycles. The van der Waals surface area contributed by atoms with Crippen LogP contribution in [0.3, 0.4) is 0 Å². The smallest absolute Gasteiger partial charge is 0.244 e. The maximum atomic E-state index is 5.98. The van der Waals surface area contributed by atoms with Gasteiger partial charge >= 0.3 is 0 Å². The molecule has 0 aliphatic carbocycles. The van der Waals surface area contributed by atoms with Crippen LogP contribution in [0.15, 0.2) is 0 Å². The maximum absolute atomic E-state index is 5.98.